The summed E-state index contributed by atoms with van der Waals surface area (Å²) in [6.07, 6.45) is 1.36. The fourth-order valence-corrected chi connectivity index (χ4v) is 3.35. The first-order valence-corrected chi connectivity index (χ1v) is 9.14. The molecule has 0 atom stereocenters. The summed E-state index contributed by atoms with van der Waals surface area (Å²) in [4.78, 5) is 32.3. The number of carboxylic acid groups (broad SMARTS) is 2. The summed E-state index contributed by atoms with van der Waals surface area (Å²) in [6.45, 7) is 0. The lowest BCUT2D eigenvalue weighted by Gasteiger charge is -2.16. The first-order valence-electron chi connectivity index (χ1n) is 9.14. The second kappa shape index (κ2) is 7.97. The summed E-state index contributed by atoms with van der Waals surface area (Å²) in [5.41, 5.74) is 2.52. The van der Waals surface area contributed by atoms with Crippen LogP contribution in [0.3, 0.4) is 0 Å². The van der Waals surface area contributed by atoms with Crippen LogP contribution < -0.4 is 0 Å². The lowest BCUT2D eigenvalue weighted by Crippen LogP contribution is -2.10. The van der Waals surface area contributed by atoms with Crippen LogP contribution in [-0.4, -0.2) is 32.1 Å². The third kappa shape index (κ3) is 3.54. The van der Waals surface area contributed by atoms with Crippen molar-refractivity contribution in [1.82, 2.24) is 9.97 Å². The van der Waals surface area contributed by atoms with Gasteiger partial charge in [0.05, 0.1) is 5.69 Å². The molecule has 0 aliphatic rings. The average molecular weight is 396 g/mol. The van der Waals surface area contributed by atoms with E-state index in [1.54, 1.807) is 18.2 Å². The van der Waals surface area contributed by atoms with Crippen LogP contribution in [-0.2, 0) is 0 Å². The topological polar surface area (TPSA) is 100 Å². The number of aromatic carboxylic acids is 2. The Morgan fingerprint density at radius 1 is 0.667 bits per heavy atom. The molecule has 6 nitrogen and oxygen atoms in total. The van der Waals surface area contributed by atoms with Gasteiger partial charge in [0.1, 0.15) is 0 Å². The number of nitrogens with zero attached hydrogens (tertiary/aromatic N) is 2. The third-order valence-electron chi connectivity index (χ3n) is 4.66. The van der Waals surface area contributed by atoms with E-state index in [9.17, 15) is 19.8 Å². The van der Waals surface area contributed by atoms with E-state index in [1.807, 2.05) is 60.7 Å². The number of hydrogen-bond donors (Lipinski definition) is 2. The molecule has 0 spiro atoms. The number of hydrogen-bond acceptors (Lipinski definition) is 4. The summed E-state index contributed by atoms with van der Waals surface area (Å²) < 4.78 is 0. The highest BCUT2D eigenvalue weighted by Crippen LogP contribution is 2.38. The van der Waals surface area contributed by atoms with Gasteiger partial charge in [0, 0.05) is 22.9 Å². The quantitative estimate of drug-likeness (QED) is 0.499. The first kappa shape index (κ1) is 19.0. The number of pyridine rings is 2. The molecule has 2 aromatic carbocycles. The Morgan fingerprint density at radius 3 is 1.87 bits per heavy atom. The zero-order chi connectivity index (χ0) is 21.1. The van der Waals surface area contributed by atoms with E-state index in [4.69, 9.17) is 0 Å². The van der Waals surface area contributed by atoms with Crippen molar-refractivity contribution in [1.29, 1.82) is 0 Å². The zero-order valence-corrected chi connectivity index (χ0v) is 15.7. The van der Waals surface area contributed by atoms with E-state index in [0.717, 1.165) is 11.1 Å². The fourth-order valence-electron chi connectivity index (χ4n) is 3.35. The molecule has 0 saturated carbocycles. The molecule has 0 fully saturated rings. The van der Waals surface area contributed by atoms with Gasteiger partial charge >= 0.3 is 11.9 Å². The molecule has 30 heavy (non-hydrogen) atoms. The van der Waals surface area contributed by atoms with Crippen molar-refractivity contribution in [3.63, 3.8) is 0 Å². The standard InChI is InChI=1S/C24H16N2O4/c27-23(28)21-17(12-7-13-25-21)20-18(15-8-3-1-4-9-15)14-19(26-22(20)24(29)30)16-10-5-2-6-11-16/h1-14H,(H,27,28)(H,29,30). The third-order valence-corrected chi connectivity index (χ3v) is 4.66. The molecular weight excluding hydrogens is 380 g/mol. The lowest BCUT2D eigenvalue weighted by molar-refractivity contribution is 0.0678. The van der Waals surface area contributed by atoms with Crippen LogP contribution in [0.5, 0.6) is 0 Å². The van der Waals surface area contributed by atoms with Gasteiger partial charge in [0.25, 0.3) is 0 Å². The lowest BCUT2D eigenvalue weighted by atomic mass is 9.91. The molecule has 2 N–H and O–H groups in total. The maximum absolute atomic E-state index is 12.2. The van der Waals surface area contributed by atoms with Crippen molar-refractivity contribution >= 4 is 11.9 Å². The molecule has 0 aliphatic carbocycles. The Kier molecular flexibility index (Phi) is 5.05. The molecule has 4 aromatic rings. The normalized spacial score (nSPS) is 10.5. The fraction of sp³-hybridized carbons (Fsp3) is 0. The molecule has 0 amide bonds. The van der Waals surface area contributed by atoms with Crippen LogP contribution in [0.2, 0.25) is 0 Å². The Bertz CT molecular complexity index is 1240. The number of carboxylic acids is 2. The Labute approximate surface area is 172 Å². The molecule has 0 bridgehead atoms. The van der Waals surface area contributed by atoms with Gasteiger partial charge in [-0.1, -0.05) is 66.7 Å². The summed E-state index contributed by atoms with van der Waals surface area (Å²) in [6, 6.07) is 23.4. The number of aromatic nitrogens is 2. The Balaban J connectivity index is 2.11. The Hall–Kier alpha value is -4.32. The van der Waals surface area contributed by atoms with Crippen molar-refractivity contribution in [2.45, 2.75) is 0 Å². The molecule has 2 aromatic heterocycles. The summed E-state index contributed by atoms with van der Waals surface area (Å²) >= 11 is 0. The minimum Gasteiger partial charge on any atom is -0.476 e. The second-order valence-electron chi connectivity index (χ2n) is 6.52. The van der Waals surface area contributed by atoms with Crippen LogP contribution in [0.4, 0.5) is 0 Å². The predicted molar refractivity (Wildman–Crippen MR) is 112 cm³/mol. The van der Waals surface area contributed by atoms with Crippen LogP contribution in [0.15, 0.2) is 85.1 Å². The second-order valence-corrected chi connectivity index (χ2v) is 6.52. The number of rotatable bonds is 5. The zero-order valence-electron chi connectivity index (χ0n) is 15.7. The molecule has 6 heteroatoms. The van der Waals surface area contributed by atoms with Gasteiger partial charge in [-0.05, 0) is 23.3 Å². The minimum atomic E-state index is -1.25. The van der Waals surface area contributed by atoms with Gasteiger partial charge in [-0.2, -0.15) is 0 Å². The van der Waals surface area contributed by atoms with Crippen LogP contribution in [0.25, 0.3) is 33.5 Å². The predicted octanol–water partition coefficient (Wildman–Crippen LogP) is 4.87. The van der Waals surface area contributed by atoms with Gasteiger partial charge in [0.15, 0.2) is 11.4 Å². The molecule has 4 rings (SSSR count). The highest BCUT2D eigenvalue weighted by atomic mass is 16.4. The van der Waals surface area contributed by atoms with Gasteiger partial charge in [-0.3, -0.25) is 0 Å². The van der Waals surface area contributed by atoms with E-state index in [2.05, 4.69) is 9.97 Å². The van der Waals surface area contributed by atoms with Crippen molar-refractivity contribution in [3.05, 3.63) is 96.4 Å². The van der Waals surface area contributed by atoms with E-state index in [1.165, 1.54) is 6.20 Å². The number of benzene rings is 2. The summed E-state index contributed by atoms with van der Waals surface area (Å²) in [5.74, 6) is -2.49. The first-order chi connectivity index (χ1) is 14.6. The van der Waals surface area contributed by atoms with Gasteiger partial charge in [0.2, 0.25) is 0 Å². The van der Waals surface area contributed by atoms with Crippen LogP contribution in [0, 0.1) is 0 Å². The molecular formula is C24H16N2O4. The molecule has 146 valence electrons. The maximum atomic E-state index is 12.2. The van der Waals surface area contributed by atoms with Crippen molar-refractivity contribution in [3.8, 4) is 33.5 Å². The Morgan fingerprint density at radius 2 is 1.27 bits per heavy atom. The molecule has 0 saturated heterocycles. The largest absolute Gasteiger partial charge is 0.476 e. The molecule has 0 radical (unpaired) electrons. The summed E-state index contributed by atoms with van der Waals surface area (Å²) in [7, 11) is 0. The molecule has 0 aliphatic heterocycles. The van der Waals surface area contributed by atoms with Crippen molar-refractivity contribution in [2.75, 3.05) is 0 Å². The van der Waals surface area contributed by atoms with Gasteiger partial charge < -0.3 is 10.2 Å². The summed E-state index contributed by atoms with van der Waals surface area (Å²) in [5, 5.41) is 19.6. The monoisotopic (exact) mass is 396 g/mol. The van der Waals surface area contributed by atoms with E-state index in [0.29, 0.717) is 11.3 Å². The smallest absolute Gasteiger partial charge is 0.355 e. The van der Waals surface area contributed by atoms with Crippen LogP contribution >= 0.6 is 0 Å². The van der Waals surface area contributed by atoms with E-state index >= 15 is 0 Å². The maximum Gasteiger partial charge on any atom is 0.355 e. The van der Waals surface area contributed by atoms with E-state index < -0.39 is 11.9 Å². The minimum absolute atomic E-state index is 0.202. The average Bonchev–Trinajstić information content (AvgIpc) is 2.79. The number of carbonyl (C=O) groups is 2. The van der Waals surface area contributed by atoms with Crippen molar-refractivity contribution in [2.24, 2.45) is 0 Å². The molecule has 0 unspecified atom stereocenters. The van der Waals surface area contributed by atoms with E-state index in [-0.39, 0.29) is 22.5 Å². The van der Waals surface area contributed by atoms with Crippen LogP contribution in [0.1, 0.15) is 21.0 Å². The highest BCUT2D eigenvalue weighted by molar-refractivity contribution is 6.05. The van der Waals surface area contributed by atoms with Crippen molar-refractivity contribution < 1.29 is 19.8 Å². The molecule has 2 heterocycles. The van der Waals surface area contributed by atoms with Gasteiger partial charge in [-0.25, -0.2) is 19.6 Å². The highest BCUT2D eigenvalue weighted by Gasteiger charge is 2.25. The van der Waals surface area contributed by atoms with Gasteiger partial charge in [-0.15, -0.1) is 0 Å². The SMILES string of the molecule is O=C(O)c1ncccc1-c1c(-c2ccccc2)cc(-c2ccccc2)nc1C(=O)O.